The van der Waals surface area contributed by atoms with Crippen LogP contribution in [-0.4, -0.2) is 26.9 Å². The van der Waals surface area contributed by atoms with Gasteiger partial charge in [0.15, 0.2) is 0 Å². The molecule has 0 aliphatic carbocycles. The van der Waals surface area contributed by atoms with Gasteiger partial charge in [0.2, 0.25) is 0 Å². The first-order chi connectivity index (χ1) is 11.4. The topological polar surface area (TPSA) is 35.6 Å². The number of nitrogens with zero attached hydrogens (tertiary/aromatic N) is 4. The molecule has 0 N–H and O–H groups in total. The molecule has 0 aliphatic heterocycles. The summed E-state index contributed by atoms with van der Waals surface area (Å²) in [5.41, 5.74) is 4.09. The molecule has 23 heavy (non-hydrogen) atoms. The van der Waals surface area contributed by atoms with E-state index in [4.69, 9.17) is 0 Å². The molecule has 2 aromatic heterocycles. The van der Waals surface area contributed by atoms with Crippen molar-refractivity contribution in [2.45, 2.75) is 0 Å². The van der Waals surface area contributed by atoms with E-state index in [1.807, 2.05) is 92.7 Å². The van der Waals surface area contributed by atoms with Crippen LogP contribution < -0.4 is 0 Å². The van der Waals surface area contributed by atoms with E-state index in [1.54, 1.807) is 9.19 Å². The summed E-state index contributed by atoms with van der Waals surface area (Å²) in [5, 5.41) is 9.12. The molecule has 4 aromatic rings. The molecule has 4 nitrogen and oxygen atoms in total. The van der Waals surface area contributed by atoms with E-state index in [0.717, 1.165) is 22.5 Å². The Balaban J connectivity index is 1.53. The van der Waals surface area contributed by atoms with Gasteiger partial charge in [0, 0.05) is 23.5 Å². The minimum atomic E-state index is 0.942. The third-order valence-electron chi connectivity index (χ3n) is 3.59. The zero-order valence-corrected chi connectivity index (χ0v) is 12.4. The molecule has 0 aliphatic rings. The van der Waals surface area contributed by atoms with Gasteiger partial charge in [-0.05, 0) is 12.1 Å². The first kappa shape index (κ1) is 13.6. The van der Waals surface area contributed by atoms with Crippen LogP contribution in [0.15, 0.2) is 85.2 Å². The van der Waals surface area contributed by atoms with Crippen molar-refractivity contribution in [3.05, 3.63) is 85.2 Å². The normalized spacial score (nSPS) is 10.6. The van der Waals surface area contributed by atoms with Crippen LogP contribution in [0.2, 0.25) is 0 Å². The van der Waals surface area contributed by atoms with Gasteiger partial charge < -0.3 is 0 Å². The number of rotatable bonds is 4. The van der Waals surface area contributed by atoms with E-state index >= 15 is 0 Å². The second kappa shape index (κ2) is 5.97. The first-order valence-electron chi connectivity index (χ1n) is 7.45. The molecule has 4 rings (SSSR count). The van der Waals surface area contributed by atoms with Gasteiger partial charge in [0.1, 0.15) is 0 Å². The minimum absolute atomic E-state index is 0.942. The predicted molar refractivity (Wildman–Crippen MR) is 91.9 cm³/mol. The molecule has 0 saturated carbocycles. The standard InChI is InChI=1S/C18H14BN4/c1-3-7-15(8-4-1)17-11-13-22(20-17)19-23-14-12-18(21-23)16-9-5-2-6-10-16/h1-14H. The summed E-state index contributed by atoms with van der Waals surface area (Å²) in [6.45, 7) is 0. The van der Waals surface area contributed by atoms with Crippen LogP contribution in [0, 0.1) is 0 Å². The van der Waals surface area contributed by atoms with Crippen molar-refractivity contribution < 1.29 is 0 Å². The molecule has 0 bridgehead atoms. The Kier molecular flexibility index (Phi) is 3.52. The first-order valence-corrected chi connectivity index (χ1v) is 7.45. The summed E-state index contributed by atoms with van der Waals surface area (Å²) in [7, 11) is 1.85. The van der Waals surface area contributed by atoms with Gasteiger partial charge in [-0.15, -0.1) is 0 Å². The summed E-state index contributed by atoms with van der Waals surface area (Å²) in [5.74, 6) is 0. The highest BCUT2D eigenvalue weighted by Crippen LogP contribution is 2.17. The quantitative estimate of drug-likeness (QED) is 0.542. The van der Waals surface area contributed by atoms with Crippen molar-refractivity contribution in [2.24, 2.45) is 0 Å². The smallest absolute Gasteiger partial charge is 0.292 e. The van der Waals surface area contributed by atoms with Crippen LogP contribution in [-0.2, 0) is 0 Å². The molecular weight excluding hydrogens is 283 g/mol. The van der Waals surface area contributed by atoms with Gasteiger partial charge >= 0.3 is 7.55 Å². The highest BCUT2D eigenvalue weighted by atomic mass is 15.3. The van der Waals surface area contributed by atoms with E-state index in [9.17, 15) is 0 Å². The lowest BCUT2D eigenvalue weighted by Gasteiger charge is -1.99. The summed E-state index contributed by atoms with van der Waals surface area (Å²) < 4.78 is 3.54. The summed E-state index contributed by atoms with van der Waals surface area (Å²) >= 11 is 0. The Morgan fingerprint density at radius 2 is 1.00 bits per heavy atom. The molecule has 0 saturated heterocycles. The predicted octanol–water partition coefficient (Wildman–Crippen LogP) is 3.34. The lowest BCUT2D eigenvalue weighted by atomic mass is 10.2. The third-order valence-corrected chi connectivity index (χ3v) is 3.59. The average Bonchev–Trinajstić information content (AvgIpc) is 3.27. The monoisotopic (exact) mass is 297 g/mol. The highest BCUT2D eigenvalue weighted by molar-refractivity contribution is 6.30. The number of hydrogen-bond donors (Lipinski definition) is 0. The average molecular weight is 297 g/mol. The van der Waals surface area contributed by atoms with Crippen LogP contribution in [0.1, 0.15) is 0 Å². The number of benzene rings is 2. The molecule has 2 aromatic carbocycles. The van der Waals surface area contributed by atoms with Crippen molar-refractivity contribution >= 4 is 7.55 Å². The largest absolute Gasteiger partial charge is 0.437 e. The molecule has 0 unspecified atom stereocenters. The Hall–Kier alpha value is -3.08. The second-order valence-electron chi connectivity index (χ2n) is 5.21. The van der Waals surface area contributed by atoms with Gasteiger partial charge in [0.25, 0.3) is 0 Å². The van der Waals surface area contributed by atoms with Crippen LogP contribution in [0.5, 0.6) is 0 Å². The Labute approximate surface area is 135 Å². The molecule has 2 heterocycles. The van der Waals surface area contributed by atoms with Gasteiger partial charge in [-0.2, -0.15) is 10.2 Å². The van der Waals surface area contributed by atoms with E-state index in [2.05, 4.69) is 10.2 Å². The molecular formula is C18H14BN4. The van der Waals surface area contributed by atoms with E-state index in [0.29, 0.717) is 0 Å². The molecule has 0 fully saturated rings. The molecule has 0 amide bonds. The van der Waals surface area contributed by atoms with Gasteiger partial charge in [-0.3, -0.25) is 9.19 Å². The Bertz CT molecular complexity index is 821. The lowest BCUT2D eigenvalue weighted by molar-refractivity contribution is 0.888. The summed E-state index contributed by atoms with van der Waals surface area (Å²) in [4.78, 5) is 0. The molecule has 109 valence electrons. The summed E-state index contributed by atoms with van der Waals surface area (Å²) in [6.07, 6.45) is 3.85. The van der Waals surface area contributed by atoms with Crippen LogP contribution in [0.4, 0.5) is 0 Å². The van der Waals surface area contributed by atoms with Crippen molar-refractivity contribution in [1.29, 1.82) is 0 Å². The van der Waals surface area contributed by atoms with E-state index in [1.165, 1.54) is 0 Å². The highest BCUT2D eigenvalue weighted by Gasteiger charge is 2.07. The van der Waals surface area contributed by atoms with E-state index < -0.39 is 0 Å². The van der Waals surface area contributed by atoms with Crippen molar-refractivity contribution in [2.75, 3.05) is 0 Å². The van der Waals surface area contributed by atoms with Crippen LogP contribution in [0.25, 0.3) is 22.5 Å². The zero-order valence-electron chi connectivity index (χ0n) is 12.4. The van der Waals surface area contributed by atoms with Crippen LogP contribution >= 0.6 is 0 Å². The van der Waals surface area contributed by atoms with Crippen molar-refractivity contribution in [3.8, 4) is 22.5 Å². The summed E-state index contributed by atoms with van der Waals surface area (Å²) in [6, 6.07) is 24.2. The maximum Gasteiger partial charge on any atom is 0.437 e. The van der Waals surface area contributed by atoms with Crippen LogP contribution in [0.3, 0.4) is 0 Å². The minimum Gasteiger partial charge on any atom is -0.292 e. The molecule has 0 atom stereocenters. The third kappa shape index (κ3) is 2.94. The maximum absolute atomic E-state index is 4.56. The van der Waals surface area contributed by atoms with Crippen molar-refractivity contribution in [3.63, 3.8) is 0 Å². The van der Waals surface area contributed by atoms with Gasteiger partial charge in [-0.25, -0.2) is 0 Å². The Morgan fingerprint density at radius 3 is 1.43 bits per heavy atom. The molecule has 1 radical (unpaired) electrons. The van der Waals surface area contributed by atoms with Gasteiger partial charge in [-0.1, -0.05) is 60.7 Å². The maximum atomic E-state index is 4.56. The number of hydrogen-bond acceptors (Lipinski definition) is 2. The van der Waals surface area contributed by atoms with Gasteiger partial charge in [0.05, 0.1) is 11.4 Å². The number of aromatic nitrogens is 4. The fourth-order valence-electron chi connectivity index (χ4n) is 2.45. The Morgan fingerprint density at radius 1 is 0.565 bits per heavy atom. The fraction of sp³-hybridized carbons (Fsp3) is 0. The van der Waals surface area contributed by atoms with Crippen molar-refractivity contribution in [1.82, 2.24) is 19.4 Å². The lowest BCUT2D eigenvalue weighted by Crippen LogP contribution is -2.17. The zero-order chi connectivity index (χ0) is 15.5. The molecule has 0 spiro atoms. The SMILES string of the molecule is [B](n1ccc(-c2ccccc2)n1)n1ccc(-c2ccccc2)n1. The fourth-order valence-corrected chi connectivity index (χ4v) is 2.45. The second-order valence-corrected chi connectivity index (χ2v) is 5.21. The van der Waals surface area contributed by atoms with E-state index in [-0.39, 0.29) is 0 Å². The molecule has 5 heteroatoms.